The Morgan fingerprint density at radius 2 is 1.86 bits per heavy atom. The fourth-order valence-corrected chi connectivity index (χ4v) is 6.40. The molecular weight excluding hydrogens is 502 g/mol. The van der Waals surface area contributed by atoms with Gasteiger partial charge in [-0.1, -0.05) is 11.6 Å². The quantitative estimate of drug-likeness (QED) is 0.430. The van der Waals surface area contributed by atoms with Crippen LogP contribution >= 0.6 is 22.9 Å². The minimum absolute atomic E-state index is 0.109. The number of amides is 3. The average molecular weight is 528 g/mol. The van der Waals surface area contributed by atoms with E-state index in [0.29, 0.717) is 36.7 Å². The average Bonchev–Trinajstić information content (AvgIpc) is 3.43. The van der Waals surface area contributed by atoms with Gasteiger partial charge < -0.3 is 14.7 Å². The van der Waals surface area contributed by atoms with Gasteiger partial charge in [0, 0.05) is 66.0 Å². The molecule has 2 aliphatic heterocycles. The number of likely N-dealkylation sites (tertiary alicyclic amines) is 2. The molecule has 10 heteroatoms. The van der Waals surface area contributed by atoms with E-state index >= 15 is 0 Å². The predicted octanol–water partition coefficient (Wildman–Crippen LogP) is 5.66. The molecule has 2 aromatic heterocycles. The van der Waals surface area contributed by atoms with E-state index in [2.05, 4.69) is 4.98 Å². The molecule has 0 bridgehead atoms. The number of carboxylic acid groups (broad SMARTS) is 1. The first-order valence-electron chi connectivity index (χ1n) is 11.9. The van der Waals surface area contributed by atoms with Crippen molar-refractivity contribution in [1.29, 1.82) is 0 Å². The van der Waals surface area contributed by atoms with E-state index in [4.69, 9.17) is 16.3 Å². The zero-order valence-corrected chi connectivity index (χ0v) is 21.6. The van der Waals surface area contributed by atoms with Gasteiger partial charge in [-0.15, -0.1) is 11.3 Å². The number of hydrogen-bond acceptors (Lipinski definition) is 6. The Hall–Kier alpha value is -3.17. The normalized spacial score (nSPS) is 17.8. The largest absolute Gasteiger partial charge is 0.489 e. The van der Waals surface area contributed by atoms with Gasteiger partial charge in [-0.25, -0.2) is 4.79 Å². The van der Waals surface area contributed by atoms with Crippen LogP contribution in [0, 0.1) is 6.92 Å². The van der Waals surface area contributed by atoms with Crippen LogP contribution in [-0.2, 0) is 9.59 Å². The van der Waals surface area contributed by atoms with Crippen molar-refractivity contribution in [1.82, 2.24) is 14.8 Å². The molecule has 1 N–H and O–H groups in total. The summed E-state index contributed by atoms with van der Waals surface area (Å²) in [5, 5.41) is 9.83. The van der Waals surface area contributed by atoms with E-state index in [1.165, 1.54) is 21.1 Å². The molecule has 4 heterocycles. The molecule has 188 valence electrons. The monoisotopic (exact) mass is 527 g/mol. The van der Waals surface area contributed by atoms with Crippen LogP contribution in [0.3, 0.4) is 0 Å². The molecule has 0 spiro atoms. The summed E-state index contributed by atoms with van der Waals surface area (Å²) in [6.07, 6.45) is 2.45. The molecule has 3 aromatic rings. The van der Waals surface area contributed by atoms with Crippen molar-refractivity contribution in [3.05, 3.63) is 45.9 Å². The van der Waals surface area contributed by atoms with Crippen molar-refractivity contribution in [2.24, 2.45) is 0 Å². The third kappa shape index (κ3) is 4.53. The number of hydrogen-bond donors (Lipinski definition) is 1. The molecule has 0 saturated carbocycles. The standard InChI is InChI=1S/C26H26ClN3O5S/c1-14-11-16(27)12-19(24(14)35-17-6-9-29(10-7-17)26(33)34)18-5-8-28-20-13-21(36-25(18)20)15(2)30-22(31)3-4-23(30)32/h5,8,11-13,15,17H,3-4,6-7,9-10H2,1-2H3,(H,33,34). The fourth-order valence-electron chi connectivity index (χ4n) is 4.95. The van der Waals surface area contributed by atoms with Gasteiger partial charge in [0.1, 0.15) is 11.9 Å². The van der Waals surface area contributed by atoms with Crippen LogP contribution in [0.5, 0.6) is 5.75 Å². The van der Waals surface area contributed by atoms with Gasteiger partial charge in [-0.2, -0.15) is 0 Å². The van der Waals surface area contributed by atoms with Crippen LogP contribution < -0.4 is 4.74 Å². The Morgan fingerprint density at radius 3 is 2.53 bits per heavy atom. The Bertz CT molecular complexity index is 1350. The van der Waals surface area contributed by atoms with Crippen LogP contribution in [0.15, 0.2) is 30.5 Å². The van der Waals surface area contributed by atoms with Crippen molar-refractivity contribution in [3.8, 4) is 16.9 Å². The molecule has 8 nitrogen and oxygen atoms in total. The maximum absolute atomic E-state index is 12.3. The number of aromatic nitrogens is 1. The summed E-state index contributed by atoms with van der Waals surface area (Å²) in [7, 11) is 0. The third-order valence-electron chi connectivity index (χ3n) is 6.85. The second-order valence-electron chi connectivity index (χ2n) is 9.24. The van der Waals surface area contributed by atoms with Crippen molar-refractivity contribution >= 4 is 51.1 Å². The second-order valence-corrected chi connectivity index (χ2v) is 10.8. The number of ether oxygens (including phenoxy) is 1. The molecular formula is C26H26ClN3O5S. The van der Waals surface area contributed by atoms with Gasteiger partial charge in [0.2, 0.25) is 11.8 Å². The van der Waals surface area contributed by atoms with Crippen LogP contribution in [0.1, 0.15) is 49.1 Å². The van der Waals surface area contributed by atoms with E-state index in [0.717, 1.165) is 31.8 Å². The van der Waals surface area contributed by atoms with Gasteiger partial charge in [0.05, 0.1) is 16.3 Å². The molecule has 36 heavy (non-hydrogen) atoms. The number of imide groups is 1. The summed E-state index contributed by atoms with van der Waals surface area (Å²) in [4.78, 5) is 44.0. The molecule has 2 fully saturated rings. The van der Waals surface area contributed by atoms with E-state index < -0.39 is 6.09 Å². The van der Waals surface area contributed by atoms with Crippen molar-refractivity contribution in [3.63, 3.8) is 0 Å². The minimum Gasteiger partial charge on any atom is -0.489 e. The van der Waals surface area contributed by atoms with Crippen LogP contribution in [0.25, 0.3) is 21.3 Å². The molecule has 1 unspecified atom stereocenters. The number of thiophene rings is 1. The zero-order chi connectivity index (χ0) is 25.6. The Morgan fingerprint density at radius 1 is 1.17 bits per heavy atom. The maximum atomic E-state index is 12.3. The summed E-state index contributed by atoms with van der Waals surface area (Å²) in [6.45, 7) is 4.68. The number of aryl methyl sites for hydroxylation is 1. The van der Waals surface area contributed by atoms with Crippen molar-refractivity contribution in [2.45, 2.75) is 51.7 Å². The zero-order valence-electron chi connectivity index (χ0n) is 20.0. The number of piperidine rings is 1. The van der Waals surface area contributed by atoms with Gasteiger partial charge in [-0.3, -0.25) is 19.5 Å². The number of nitrogens with zero attached hydrogens (tertiary/aromatic N) is 3. The Kier molecular flexibility index (Phi) is 6.61. The minimum atomic E-state index is -0.906. The summed E-state index contributed by atoms with van der Waals surface area (Å²) in [5.74, 6) is 0.426. The number of halogens is 1. The van der Waals surface area contributed by atoms with Gasteiger partial charge >= 0.3 is 6.09 Å². The Balaban J connectivity index is 1.51. The highest BCUT2D eigenvalue weighted by Gasteiger charge is 2.34. The summed E-state index contributed by atoms with van der Waals surface area (Å²) in [6, 6.07) is 7.23. The highest BCUT2D eigenvalue weighted by atomic mass is 35.5. The second kappa shape index (κ2) is 9.71. The maximum Gasteiger partial charge on any atom is 0.407 e. The van der Waals surface area contributed by atoms with Crippen molar-refractivity contribution < 1.29 is 24.2 Å². The van der Waals surface area contributed by atoms with Gasteiger partial charge in [-0.05, 0) is 43.7 Å². The highest BCUT2D eigenvalue weighted by molar-refractivity contribution is 7.19. The number of carbonyl (C=O) groups is 3. The predicted molar refractivity (Wildman–Crippen MR) is 138 cm³/mol. The van der Waals surface area contributed by atoms with Crippen LogP contribution in [0.2, 0.25) is 5.02 Å². The topological polar surface area (TPSA) is 100 Å². The van der Waals surface area contributed by atoms with Crippen LogP contribution in [-0.4, -0.2) is 57.0 Å². The van der Waals surface area contributed by atoms with E-state index in [1.807, 2.05) is 38.1 Å². The number of benzene rings is 1. The van der Waals surface area contributed by atoms with Gasteiger partial charge in [0.25, 0.3) is 0 Å². The lowest BCUT2D eigenvalue weighted by molar-refractivity contribution is -0.140. The summed E-state index contributed by atoms with van der Waals surface area (Å²) < 4.78 is 7.40. The molecule has 0 radical (unpaired) electrons. The number of carbonyl (C=O) groups excluding carboxylic acids is 2. The van der Waals surface area contributed by atoms with Gasteiger partial charge in [0.15, 0.2) is 0 Å². The van der Waals surface area contributed by atoms with E-state index in [-0.39, 0.29) is 36.8 Å². The van der Waals surface area contributed by atoms with Crippen molar-refractivity contribution in [2.75, 3.05) is 13.1 Å². The molecule has 5 rings (SSSR count). The SMILES string of the molecule is Cc1cc(Cl)cc(-c2ccnc3cc(C(C)N4C(=O)CCC4=O)sc23)c1OC1CCN(C(=O)O)CC1. The molecule has 1 atom stereocenters. The molecule has 0 aliphatic carbocycles. The first-order chi connectivity index (χ1) is 17.2. The fraction of sp³-hybridized carbons (Fsp3) is 0.385. The number of pyridine rings is 1. The lowest BCUT2D eigenvalue weighted by Gasteiger charge is -2.31. The first-order valence-corrected chi connectivity index (χ1v) is 13.1. The van der Waals surface area contributed by atoms with E-state index in [9.17, 15) is 19.5 Å². The molecule has 2 saturated heterocycles. The number of fused-ring (bicyclic) bond motifs is 1. The smallest absolute Gasteiger partial charge is 0.407 e. The molecule has 3 amide bonds. The molecule has 1 aromatic carbocycles. The van der Waals surface area contributed by atoms with Crippen LogP contribution in [0.4, 0.5) is 4.79 Å². The summed E-state index contributed by atoms with van der Waals surface area (Å²) in [5.41, 5.74) is 3.41. The molecule has 2 aliphatic rings. The number of rotatable bonds is 5. The first kappa shape index (κ1) is 24.5. The lowest BCUT2D eigenvalue weighted by Crippen LogP contribution is -2.41. The highest BCUT2D eigenvalue weighted by Crippen LogP contribution is 2.43. The Labute approximate surface area is 217 Å². The third-order valence-corrected chi connectivity index (χ3v) is 8.39. The summed E-state index contributed by atoms with van der Waals surface area (Å²) >= 11 is 7.98. The lowest BCUT2D eigenvalue weighted by atomic mass is 10.0. The van der Waals surface area contributed by atoms with E-state index in [1.54, 1.807) is 6.20 Å².